The molecule has 0 fully saturated rings. The van der Waals surface area contributed by atoms with E-state index in [0.717, 1.165) is 5.75 Å². The van der Waals surface area contributed by atoms with Crippen molar-refractivity contribution in [3.05, 3.63) is 12.3 Å². The van der Waals surface area contributed by atoms with Crippen molar-refractivity contribution in [3.63, 3.8) is 0 Å². The molecular weight excluding hydrogens is 116 g/mol. The van der Waals surface area contributed by atoms with E-state index in [-0.39, 0.29) is 0 Å². The smallest absolute Gasteiger partial charge is 0.0391 e. The molecule has 0 saturated carbocycles. The van der Waals surface area contributed by atoms with Crippen LogP contribution in [0.15, 0.2) is 6.58 Å². The van der Waals surface area contributed by atoms with Crippen molar-refractivity contribution in [1.82, 2.24) is 0 Å². The van der Waals surface area contributed by atoms with E-state index in [1.165, 1.54) is 0 Å². The Balaban J connectivity index is 4.52. The molecule has 0 aromatic rings. The molecule has 0 aliphatic rings. The topological polar surface area (TPSA) is 0 Å². The van der Waals surface area contributed by atoms with Gasteiger partial charge in [-0.25, -0.2) is 0 Å². The largest absolute Gasteiger partial charge is 0.306 e. The molecule has 0 saturated heterocycles. The second-order valence-corrected chi connectivity index (χ2v) is 4.84. The van der Waals surface area contributed by atoms with Gasteiger partial charge in [0.05, 0.1) is 0 Å². The van der Waals surface area contributed by atoms with Crippen LogP contribution in [0, 0.1) is 5.75 Å². The molecule has 48 valence electrons. The molecule has 0 N–H and O–H groups in total. The van der Waals surface area contributed by atoms with Gasteiger partial charge in [0.1, 0.15) is 0 Å². The molecule has 0 spiro atoms. The van der Waals surface area contributed by atoms with Gasteiger partial charge in [-0.05, 0) is 5.75 Å². The van der Waals surface area contributed by atoms with Crippen molar-refractivity contribution in [1.29, 1.82) is 0 Å². The number of hydrogen-bond acceptors (Lipinski definition) is 0. The first-order valence-corrected chi connectivity index (χ1v) is 4.69. The molecule has 0 bridgehead atoms. The van der Waals surface area contributed by atoms with Gasteiger partial charge in [-0.15, -0.1) is 10.9 Å². The predicted molar refractivity (Wildman–Crippen MR) is 45.9 cm³/mol. The summed E-state index contributed by atoms with van der Waals surface area (Å²) >= 11 is 0. The van der Waals surface area contributed by atoms with Gasteiger partial charge in [0.2, 0.25) is 0 Å². The van der Waals surface area contributed by atoms with Gasteiger partial charge >= 0.3 is 0 Å². The maximum atomic E-state index is 3.98. The summed E-state index contributed by atoms with van der Waals surface area (Å²) in [5.74, 6) is 7.14. The third-order valence-electron chi connectivity index (χ3n) is 1.25. The van der Waals surface area contributed by atoms with Gasteiger partial charge in [-0.3, -0.25) is 5.75 Å². The summed E-state index contributed by atoms with van der Waals surface area (Å²) in [6.07, 6.45) is 0. The van der Waals surface area contributed by atoms with Gasteiger partial charge in [0.25, 0.3) is 0 Å². The molecule has 0 aromatic carbocycles. The van der Waals surface area contributed by atoms with Gasteiger partial charge in [-0.1, -0.05) is 13.5 Å². The van der Waals surface area contributed by atoms with E-state index in [9.17, 15) is 0 Å². The summed E-state index contributed by atoms with van der Waals surface area (Å²) < 4.78 is 0. The molecule has 0 heterocycles. The molecular formula is C7H13S-. The molecule has 0 radical (unpaired) electrons. The van der Waals surface area contributed by atoms with Crippen molar-refractivity contribution >= 4 is 20.1 Å². The molecule has 1 atom stereocenters. The quantitative estimate of drug-likeness (QED) is 0.395. The molecule has 1 unspecified atom stereocenters. The first-order valence-electron chi connectivity index (χ1n) is 2.66. The summed E-state index contributed by atoms with van der Waals surface area (Å²) in [7, 11) is -0.889. The summed E-state index contributed by atoms with van der Waals surface area (Å²) in [4.78, 5) is 0. The van der Waals surface area contributed by atoms with Crippen molar-refractivity contribution < 1.29 is 0 Å². The van der Waals surface area contributed by atoms with Gasteiger partial charge in [-0.2, -0.15) is 6.92 Å². The van der Waals surface area contributed by atoms with E-state index < -0.39 is 9.21 Å². The Morgan fingerprint density at radius 3 is 2.25 bits per heavy atom. The first kappa shape index (κ1) is 7.87. The first-order chi connectivity index (χ1) is 3.68. The second kappa shape index (κ2) is 3.01. The molecule has 0 aliphatic heterocycles. The van der Waals surface area contributed by atoms with Crippen LogP contribution in [0.25, 0.3) is 0 Å². The molecule has 1 heteroatoms. The molecule has 0 nitrogen and oxygen atoms in total. The summed E-state index contributed by atoms with van der Waals surface area (Å²) in [6, 6.07) is 0. The van der Waals surface area contributed by atoms with E-state index >= 15 is 0 Å². The monoisotopic (exact) mass is 129 g/mol. The van der Waals surface area contributed by atoms with Crippen molar-refractivity contribution in [3.8, 4) is 0 Å². The second-order valence-electron chi connectivity index (χ2n) is 1.61. The van der Waals surface area contributed by atoms with Crippen molar-refractivity contribution in [2.75, 3.05) is 5.75 Å². The maximum Gasteiger partial charge on any atom is -0.0391 e. The third kappa shape index (κ3) is 1.77. The lowest BCUT2D eigenvalue weighted by Gasteiger charge is -2.16. The Morgan fingerprint density at radius 1 is 1.75 bits per heavy atom. The van der Waals surface area contributed by atoms with Crippen LogP contribution in [-0.4, -0.2) is 16.6 Å². The fourth-order valence-corrected chi connectivity index (χ4v) is 1.06. The highest BCUT2D eigenvalue weighted by Gasteiger charge is 1.75. The van der Waals surface area contributed by atoms with E-state index in [0.29, 0.717) is 0 Å². The molecule has 0 aromatic heterocycles. The van der Waals surface area contributed by atoms with E-state index in [2.05, 4.69) is 30.1 Å². The molecule has 0 aliphatic carbocycles. The van der Waals surface area contributed by atoms with E-state index in [4.69, 9.17) is 0 Å². The fourth-order valence-electron chi connectivity index (χ4n) is 0.352. The van der Waals surface area contributed by atoms with Crippen LogP contribution >= 0.6 is 9.21 Å². The van der Waals surface area contributed by atoms with Gasteiger partial charge in [0, 0.05) is 0 Å². The lowest BCUT2D eigenvalue weighted by atomic mass is 11.0. The third-order valence-corrected chi connectivity index (χ3v) is 3.76. The Labute approximate surface area is 52.7 Å². The number of rotatable bonds is 2. The van der Waals surface area contributed by atoms with Crippen molar-refractivity contribution in [2.24, 2.45) is 0 Å². The summed E-state index contributed by atoms with van der Waals surface area (Å²) in [5, 5.41) is 2.94. The average molecular weight is 129 g/mol. The highest BCUT2D eigenvalue weighted by molar-refractivity contribution is 8.29. The maximum absolute atomic E-state index is 3.98. The Hall–Kier alpha value is -0.130. The Bertz CT molecular complexity index is 167. The van der Waals surface area contributed by atoms with Crippen LogP contribution in [0.2, 0.25) is 0 Å². The van der Waals surface area contributed by atoms with Gasteiger partial charge in [0.15, 0.2) is 0 Å². The normalized spacial score (nSPS) is 16.8. The highest BCUT2D eigenvalue weighted by atomic mass is 32.2. The van der Waals surface area contributed by atoms with Crippen LogP contribution < -0.4 is 0 Å². The van der Waals surface area contributed by atoms with Crippen LogP contribution in [0.3, 0.4) is 0 Å². The van der Waals surface area contributed by atoms with Crippen LogP contribution in [0.4, 0.5) is 0 Å². The van der Waals surface area contributed by atoms with Gasteiger partial charge < -0.3 is 9.21 Å². The Kier molecular flexibility index (Phi) is 2.96. The summed E-state index contributed by atoms with van der Waals surface area (Å²) in [6.45, 7) is 7.72. The summed E-state index contributed by atoms with van der Waals surface area (Å²) in [5.41, 5.74) is 0. The predicted octanol–water partition coefficient (Wildman–Crippen LogP) is 2.01. The standard InChI is InChI=1S/C7H13S/c1-5-8(4,6-2)7-3/h6H,1,4,7H2,2-3H3/q-1. The fraction of sp³-hybridized carbons (Fsp3) is 0.429. The van der Waals surface area contributed by atoms with Crippen LogP contribution in [-0.2, 0) is 0 Å². The highest BCUT2D eigenvalue weighted by Crippen LogP contribution is 2.21. The average Bonchev–Trinajstić information content (AvgIpc) is 1.87. The molecule has 0 rings (SSSR count). The zero-order valence-corrected chi connectivity index (χ0v) is 6.42. The van der Waals surface area contributed by atoms with Crippen molar-refractivity contribution in [2.45, 2.75) is 13.8 Å². The zero-order valence-electron chi connectivity index (χ0n) is 5.61. The minimum absolute atomic E-state index is 0.889. The minimum atomic E-state index is -0.889. The van der Waals surface area contributed by atoms with E-state index in [1.54, 1.807) is 0 Å². The van der Waals surface area contributed by atoms with Crippen LogP contribution in [0.1, 0.15) is 13.8 Å². The Morgan fingerprint density at radius 2 is 2.25 bits per heavy atom. The van der Waals surface area contributed by atoms with Crippen LogP contribution in [0.5, 0.6) is 0 Å². The molecule has 0 amide bonds. The minimum Gasteiger partial charge on any atom is -0.306 e. The lowest BCUT2D eigenvalue weighted by molar-refractivity contribution is 1.51. The SMILES string of the molecule is C=C=S(=C)([CH-]C)CC. The lowest BCUT2D eigenvalue weighted by Crippen LogP contribution is -1.78. The zero-order chi connectivity index (χ0) is 6.62. The van der Waals surface area contributed by atoms with E-state index in [1.807, 2.05) is 6.92 Å². The molecule has 8 heavy (non-hydrogen) atoms. The number of hydrogen-bond donors (Lipinski definition) is 0.